The van der Waals surface area contributed by atoms with Gasteiger partial charge in [-0.05, 0) is 37.3 Å². The van der Waals surface area contributed by atoms with Crippen molar-refractivity contribution < 1.29 is 19.2 Å². The average molecular weight is 343 g/mol. The summed E-state index contributed by atoms with van der Waals surface area (Å²) in [6, 6.07) is 12.2. The van der Waals surface area contributed by atoms with Crippen molar-refractivity contribution in [2.24, 2.45) is 0 Å². The summed E-state index contributed by atoms with van der Waals surface area (Å²) in [6.45, 7) is 2.95. The zero-order chi connectivity index (χ0) is 18.4. The molecule has 2 amide bonds. The van der Waals surface area contributed by atoms with Crippen LogP contribution >= 0.6 is 0 Å². The van der Waals surface area contributed by atoms with Gasteiger partial charge in [0.2, 0.25) is 5.91 Å². The molecule has 8 nitrogen and oxygen atoms in total. The molecule has 2 N–H and O–H groups in total. The Balaban J connectivity index is 1.97. The third kappa shape index (κ3) is 5.31. The molecule has 0 heterocycles. The maximum absolute atomic E-state index is 12.2. The van der Waals surface area contributed by atoms with Gasteiger partial charge < -0.3 is 15.4 Å². The fourth-order valence-electron chi connectivity index (χ4n) is 2.01. The lowest BCUT2D eigenvalue weighted by atomic mass is 10.2. The molecule has 2 aromatic rings. The number of nitrogens with zero attached hydrogens (tertiary/aromatic N) is 1. The van der Waals surface area contributed by atoms with Gasteiger partial charge in [0.1, 0.15) is 5.75 Å². The molecule has 1 atom stereocenters. The normalized spacial score (nSPS) is 11.3. The standard InChI is InChI=1S/C17H17N3O5/c1-11(25-16-5-3-4-15(10-16)20(23)24)17(22)19-14-8-6-13(7-9-14)18-12(2)21/h3-11H,1-2H3,(H,18,21)(H,19,22)/t11-/m1/s1. The fraction of sp³-hybridized carbons (Fsp3) is 0.176. The molecule has 8 heteroatoms. The van der Waals surface area contributed by atoms with Crippen LogP contribution in [0, 0.1) is 10.1 Å². The minimum absolute atomic E-state index is 0.112. The van der Waals surface area contributed by atoms with Crippen LogP contribution in [0.5, 0.6) is 5.75 Å². The molecule has 0 radical (unpaired) electrons. The topological polar surface area (TPSA) is 111 Å². The number of nitrogens with one attached hydrogen (secondary N) is 2. The largest absolute Gasteiger partial charge is 0.481 e. The number of benzene rings is 2. The number of hydrogen-bond donors (Lipinski definition) is 2. The van der Waals surface area contributed by atoms with E-state index < -0.39 is 16.9 Å². The zero-order valence-electron chi connectivity index (χ0n) is 13.7. The van der Waals surface area contributed by atoms with Gasteiger partial charge in [-0.1, -0.05) is 6.07 Å². The minimum Gasteiger partial charge on any atom is -0.481 e. The minimum atomic E-state index is -0.850. The molecule has 0 saturated carbocycles. The number of hydrogen-bond acceptors (Lipinski definition) is 5. The molecular formula is C17H17N3O5. The van der Waals surface area contributed by atoms with Crippen LogP contribution in [0.3, 0.4) is 0 Å². The molecule has 0 unspecified atom stereocenters. The van der Waals surface area contributed by atoms with Gasteiger partial charge in [-0.25, -0.2) is 0 Å². The Hall–Kier alpha value is -3.42. The summed E-state index contributed by atoms with van der Waals surface area (Å²) in [6.07, 6.45) is -0.850. The molecule has 0 aliphatic carbocycles. The zero-order valence-corrected chi connectivity index (χ0v) is 13.7. The first-order valence-electron chi connectivity index (χ1n) is 7.45. The van der Waals surface area contributed by atoms with E-state index in [2.05, 4.69) is 10.6 Å². The lowest BCUT2D eigenvalue weighted by molar-refractivity contribution is -0.384. The van der Waals surface area contributed by atoms with Crippen molar-refractivity contribution in [2.45, 2.75) is 20.0 Å². The number of amides is 2. The Labute approximate surface area is 144 Å². The van der Waals surface area contributed by atoms with Gasteiger partial charge in [-0.2, -0.15) is 0 Å². The van der Waals surface area contributed by atoms with Crippen LogP contribution in [0.25, 0.3) is 0 Å². The molecule has 2 aromatic carbocycles. The second-order valence-corrected chi connectivity index (χ2v) is 5.26. The second kappa shape index (κ2) is 7.91. The summed E-state index contributed by atoms with van der Waals surface area (Å²) in [5, 5.41) is 16.0. The summed E-state index contributed by atoms with van der Waals surface area (Å²) in [5.74, 6) is -0.354. The van der Waals surface area contributed by atoms with Gasteiger partial charge in [-0.3, -0.25) is 19.7 Å². The van der Waals surface area contributed by atoms with Crippen LogP contribution in [0.15, 0.2) is 48.5 Å². The van der Waals surface area contributed by atoms with E-state index in [-0.39, 0.29) is 17.3 Å². The van der Waals surface area contributed by atoms with Crippen molar-refractivity contribution in [3.8, 4) is 5.75 Å². The van der Waals surface area contributed by atoms with E-state index in [4.69, 9.17) is 4.74 Å². The monoisotopic (exact) mass is 343 g/mol. The Morgan fingerprint density at radius 2 is 1.68 bits per heavy atom. The quantitative estimate of drug-likeness (QED) is 0.619. The van der Waals surface area contributed by atoms with E-state index in [0.29, 0.717) is 11.4 Å². The van der Waals surface area contributed by atoms with Crippen molar-refractivity contribution in [1.82, 2.24) is 0 Å². The molecule has 0 spiro atoms. The van der Waals surface area contributed by atoms with E-state index in [0.717, 1.165) is 0 Å². The molecule has 0 aliphatic rings. The Kier molecular flexibility index (Phi) is 5.67. The Morgan fingerprint density at radius 1 is 1.08 bits per heavy atom. The van der Waals surface area contributed by atoms with E-state index in [1.807, 2.05) is 0 Å². The summed E-state index contributed by atoms with van der Waals surface area (Å²) in [5.41, 5.74) is 1.04. The number of rotatable bonds is 6. The predicted molar refractivity (Wildman–Crippen MR) is 92.6 cm³/mol. The van der Waals surface area contributed by atoms with Gasteiger partial charge in [0, 0.05) is 24.4 Å². The van der Waals surface area contributed by atoms with E-state index in [1.165, 1.54) is 25.1 Å². The van der Waals surface area contributed by atoms with Crippen LogP contribution in [0.1, 0.15) is 13.8 Å². The van der Waals surface area contributed by atoms with Gasteiger partial charge in [-0.15, -0.1) is 0 Å². The van der Waals surface area contributed by atoms with E-state index in [9.17, 15) is 19.7 Å². The summed E-state index contributed by atoms with van der Waals surface area (Å²) >= 11 is 0. The second-order valence-electron chi connectivity index (χ2n) is 5.26. The van der Waals surface area contributed by atoms with Crippen molar-refractivity contribution in [2.75, 3.05) is 10.6 Å². The number of carbonyl (C=O) groups excluding carboxylic acids is 2. The van der Waals surface area contributed by atoms with Crippen molar-refractivity contribution in [3.63, 3.8) is 0 Å². The van der Waals surface area contributed by atoms with Crippen LogP contribution in [-0.4, -0.2) is 22.8 Å². The molecule has 25 heavy (non-hydrogen) atoms. The number of anilines is 2. The van der Waals surface area contributed by atoms with Crippen LogP contribution in [0.4, 0.5) is 17.1 Å². The SMILES string of the molecule is CC(=O)Nc1ccc(NC(=O)[C@@H](C)Oc2cccc([N+](=O)[O-])c2)cc1. The van der Waals surface area contributed by atoms with Crippen LogP contribution in [-0.2, 0) is 9.59 Å². The molecule has 0 aromatic heterocycles. The molecular weight excluding hydrogens is 326 g/mol. The van der Waals surface area contributed by atoms with Crippen molar-refractivity contribution >= 4 is 28.9 Å². The highest BCUT2D eigenvalue weighted by Gasteiger charge is 2.16. The van der Waals surface area contributed by atoms with Gasteiger partial charge >= 0.3 is 0 Å². The summed E-state index contributed by atoms with van der Waals surface area (Å²) in [4.78, 5) is 33.3. The van der Waals surface area contributed by atoms with Crippen LogP contribution in [0.2, 0.25) is 0 Å². The van der Waals surface area contributed by atoms with Gasteiger partial charge in [0.05, 0.1) is 11.0 Å². The maximum Gasteiger partial charge on any atom is 0.273 e. The predicted octanol–water partition coefficient (Wildman–Crippen LogP) is 2.96. The lowest BCUT2D eigenvalue weighted by Crippen LogP contribution is -2.30. The average Bonchev–Trinajstić information content (AvgIpc) is 2.56. The third-order valence-corrected chi connectivity index (χ3v) is 3.18. The number of non-ortho nitro benzene ring substituents is 1. The first-order chi connectivity index (χ1) is 11.8. The first kappa shape index (κ1) is 17.9. The highest BCUT2D eigenvalue weighted by Crippen LogP contribution is 2.20. The summed E-state index contributed by atoms with van der Waals surface area (Å²) in [7, 11) is 0. The van der Waals surface area contributed by atoms with Crippen molar-refractivity contribution in [1.29, 1.82) is 0 Å². The fourth-order valence-corrected chi connectivity index (χ4v) is 2.01. The van der Waals surface area contributed by atoms with E-state index >= 15 is 0 Å². The molecule has 2 rings (SSSR count). The number of nitro benzene ring substituents is 1. The molecule has 0 fully saturated rings. The van der Waals surface area contributed by atoms with Crippen molar-refractivity contribution in [3.05, 3.63) is 58.6 Å². The highest BCUT2D eigenvalue weighted by molar-refractivity contribution is 5.94. The lowest BCUT2D eigenvalue weighted by Gasteiger charge is -2.15. The number of carbonyl (C=O) groups is 2. The Morgan fingerprint density at radius 3 is 2.24 bits per heavy atom. The number of ether oxygens (including phenoxy) is 1. The van der Waals surface area contributed by atoms with E-state index in [1.54, 1.807) is 37.3 Å². The van der Waals surface area contributed by atoms with Gasteiger partial charge in [0.25, 0.3) is 11.6 Å². The summed E-state index contributed by atoms with van der Waals surface area (Å²) < 4.78 is 5.44. The first-order valence-corrected chi connectivity index (χ1v) is 7.45. The smallest absolute Gasteiger partial charge is 0.273 e. The van der Waals surface area contributed by atoms with Crippen LogP contribution < -0.4 is 15.4 Å². The molecule has 0 aliphatic heterocycles. The highest BCUT2D eigenvalue weighted by atomic mass is 16.6. The maximum atomic E-state index is 12.2. The molecule has 0 bridgehead atoms. The molecule has 130 valence electrons. The number of nitro groups is 1. The third-order valence-electron chi connectivity index (χ3n) is 3.18. The Bertz CT molecular complexity index is 789. The van der Waals surface area contributed by atoms with Gasteiger partial charge in [0.15, 0.2) is 6.10 Å². The molecule has 0 saturated heterocycles.